The zero-order valence-electron chi connectivity index (χ0n) is 11.5. The van der Waals surface area contributed by atoms with E-state index in [-0.39, 0.29) is 6.10 Å². The van der Waals surface area contributed by atoms with Gasteiger partial charge in [0.2, 0.25) is 0 Å². The summed E-state index contributed by atoms with van der Waals surface area (Å²) >= 11 is 6.36. The van der Waals surface area contributed by atoms with Crippen molar-refractivity contribution in [2.45, 2.75) is 59.1 Å². The van der Waals surface area contributed by atoms with Crippen molar-refractivity contribution in [1.82, 2.24) is 9.78 Å². The van der Waals surface area contributed by atoms with Crippen LogP contribution in [-0.4, -0.2) is 21.0 Å². The third-order valence-electron chi connectivity index (χ3n) is 4.07. The van der Waals surface area contributed by atoms with E-state index in [4.69, 9.17) is 11.6 Å². The second-order valence-corrected chi connectivity index (χ2v) is 5.72. The van der Waals surface area contributed by atoms with Crippen molar-refractivity contribution in [3.8, 4) is 0 Å². The van der Waals surface area contributed by atoms with Gasteiger partial charge in [-0.2, -0.15) is 5.10 Å². The van der Waals surface area contributed by atoms with Crippen molar-refractivity contribution in [1.29, 1.82) is 0 Å². The van der Waals surface area contributed by atoms with Gasteiger partial charge in [0.1, 0.15) is 0 Å². The molecule has 2 atom stereocenters. The minimum Gasteiger partial charge on any atom is -0.392 e. The summed E-state index contributed by atoms with van der Waals surface area (Å²) in [5.74, 6) is 1.08. The van der Waals surface area contributed by atoms with Gasteiger partial charge in [-0.3, -0.25) is 4.68 Å². The number of aryl methyl sites for hydroxylation is 2. The van der Waals surface area contributed by atoms with Gasteiger partial charge in [-0.15, -0.1) is 0 Å². The van der Waals surface area contributed by atoms with Crippen LogP contribution < -0.4 is 0 Å². The van der Waals surface area contributed by atoms with Gasteiger partial charge < -0.3 is 5.11 Å². The van der Waals surface area contributed by atoms with E-state index in [0.29, 0.717) is 18.3 Å². The zero-order chi connectivity index (χ0) is 13.3. The quantitative estimate of drug-likeness (QED) is 0.863. The number of aliphatic hydroxyl groups excluding tert-OH is 1. The van der Waals surface area contributed by atoms with Crippen LogP contribution in [0.2, 0.25) is 5.02 Å². The van der Waals surface area contributed by atoms with Gasteiger partial charge in [0, 0.05) is 13.0 Å². The number of hydrogen-bond donors (Lipinski definition) is 1. The van der Waals surface area contributed by atoms with E-state index in [1.165, 1.54) is 12.8 Å². The van der Waals surface area contributed by atoms with Crippen molar-refractivity contribution in [3.05, 3.63) is 16.4 Å². The lowest BCUT2D eigenvalue weighted by molar-refractivity contribution is 0.103. The van der Waals surface area contributed by atoms with Crippen molar-refractivity contribution < 1.29 is 5.11 Å². The summed E-state index contributed by atoms with van der Waals surface area (Å²) in [6.07, 6.45) is 3.68. The Balaban J connectivity index is 2.13. The third-order valence-corrected chi connectivity index (χ3v) is 4.51. The van der Waals surface area contributed by atoms with Crippen molar-refractivity contribution in [2.75, 3.05) is 0 Å². The molecule has 1 fully saturated rings. The van der Waals surface area contributed by atoms with E-state index >= 15 is 0 Å². The molecular weight excluding hydrogens is 248 g/mol. The molecule has 1 heterocycles. The van der Waals surface area contributed by atoms with Gasteiger partial charge in [0.25, 0.3) is 0 Å². The van der Waals surface area contributed by atoms with Gasteiger partial charge in [-0.25, -0.2) is 0 Å². The molecule has 1 aliphatic rings. The maximum Gasteiger partial charge on any atom is 0.0850 e. The Morgan fingerprint density at radius 1 is 1.44 bits per heavy atom. The van der Waals surface area contributed by atoms with Gasteiger partial charge in [-0.1, -0.05) is 25.4 Å². The molecule has 4 heteroatoms. The number of aromatic nitrogens is 2. The molecule has 2 unspecified atom stereocenters. The lowest BCUT2D eigenvalue weighted by Gasteiger charge is -2.18. The highest BCUT2D eigenvalue weighted by Gasteiger charge is 2.33. The predicted octanol–water partition coefficient (Wildman–Crippen LogP) is 3.07. The summed E-state index contributed by atoms with van der Waals surface area (Å²) < 4.78 is 1.93. The number of aliphatic hydroxyl groups is 1. The van der Waals surface area contributed by atoms with Gasteiger partial charge in [-0.05, 0) is 38.0 Å². The number of rotatable bonds is 6. The van der Waals surface area contributed by atoms with E-state index in [2.05, 4.69) is 25.9 Å². The van der Waals surface area contributed by atoms with Crippen molar-refractivity contribution in [2.24, 2.45) is 11.8 Å². The summed E-state index contributed by atoms with van der Waals surface area (Å²) in [5.41, 5.74) is 1.94. The van der Waals surface area contributed by atoms with Crippen LogP contribution in [0.1, 0.15) is 45.0 Å². The fraction of sp³-hybridized carbons (Fsp3) is 0.786. The largest absolute Gasteiger partial charge is 0.392 e. The first-order chi connectivity index (χ1) is 8.58. The highest BCUT2D eigenvalue weighted by atomic mass is 35.5. The molecule has 18 heavy (non-hydrogen) atoms. The van der Waals surface area contributed by atoms with Crippen molar-refractivity contribution in [3.63, 3.8) is 0 Å². The molecule has 0 bridgehead atoms. The minimum atomic E-state index is -0.304. The maximum atomic E-state index is 10.3. The average Bonchev–Trinajstić information content (AvgIpc) is 3.16. The molecule has 2 rings (SSSR count). The van der Waals surface area contributed by atoms with Crippen LogP contribution in [0.5, 0.6) is 0 Å². The Morgan fingerprint density at radius 3 is 2.61 bits per heavy atom. The van der Waals surface area contributed by atoms with Gasteiger partial charge in [0.15, 0.2) is 0 Å². The van der Waals surface area contributed by atoms with E-state index < -0.39 is 0 Å². The van der Waals surface area contributed by atoms with Crippen LogP contribution in [0.25, 0.3) is 0 Å². The Labute approximate surface area is 114 Å². The first-order valence-corrected chi connectivity index (χ1v) is 7.38. The molecule has 0 radical (unpaired) electrons. The molecule has 1 aliphatic carbocycles. The lowest BCUT2D eigenvalue weighted by atomic mass is 9.95. The fourth-order valence-corrected chi connectivity index (χ4v) is 2.88. The van der Waals surface area contributed by atoms with E-state index in [0.717, 1.165) is 29.4 Å². The average molecular weight is 271 g/mol. The number of nitrogens with zero attached hydrogens (tertiary/aromatic N) is 2. The van der Waals surface area contributed by atoms with Crippen LogP contribution >= 0.6 is 11.6 Å². The summed E-state index contributed by atoms with van der Waals surface area (Å²) in [7, 11) is 0. The molecule has 3 nitrogen and oxygen atoms in total. The Hall–Kier alpha value is -0.540. The summed E-state index contributed by atoms with van der Waals surface area (Å²) in [4.78, 5) is 0. The first-order valence-electron chi connectivity index (χ1n) is 7.00. The van der Waals surface area contributed by atoms with Gasteiger partial charge in [0.05, 0.1) is 22.5 Å². The van der Waals surface area contributed by atoms with Crippen LogP contribution in [0.3, 0.4) is 0 Å². The highest BCUT2D eigenvalue weighted by molar-refractivity contribution is 6.31. The minimum absolute atomic E-state index is 0.304. The summed E-state index contributed by atoms with van der Waals surface area (Å²) in [6, 6.07) is 0. The number of halogens is 1. The first kappa shape index (κ1) is 13.9. The molecule has 1 N–H and O–H groups in total. The van der Waals surface area contributed by atoms with E-state index in [9.17, 15) is 5.11 Å². The highest BCUT2D eigenvalue weighted by Crippen LogP contribution is 2.39. The molecule has 0 aliphatic heterocycles. The van der Waals surface area contributed by atoms with Crippen LogP contribution in [0.15, 0.2) is 0 Å². The lowest BCUT2D eigenvalue weighted by Crippen LogP contribution is -2.23. The molecule has 0 saturated heterocycles. The number of hydrogen-bond acceptors (Lipinski definition) is 2. The van der Waals surface area contributed by atoms with Crippen LogP contribution in [0, 0.1) is 11.8 Å². The Kier molecular flexibility index (Phi) is 4.33. The second kappa shape index (κ2) is 5.62. The third kappa shape index (κ3) is 2.72. The Bertz CT molecular complexity index is 412. The summed E-state index contributed by atoms with van der Waals surface area (Å²) in [5, 5.41) is 15.6. The molecule has 102 valence electrons. The van der Waals surface area contributed by atoms with Crippen LogP contribution in [0.4, 0.5) is 0 Å². The standard InChI is InChI=1S/C14H23ClN2O/c1-4-11-14(15)12(17(5-2)16-11)8-13(18)9(3)10-6-7-10/h9-10,13,18H,4-8H2,1-3H3. The molecule has 1 aromatic heterocycles. The molecule has 0 aromatic carbocycles. The monoisotopic (exact) mass is 270 g/mol. The topological polar surface area (TPSA) is 38.0 Å². The zero-order valence-corrected chi connectivity index (χ0v) is 12.2. The Morgan fingerprint density at radius 2 is 2.11 bits per heavy atom. The second-order valence-electron chi connectivity index (χ2n) is 5.34. The van der Waals surface area contributed by atoms with Gasteiger partial charge >= 0.3 is 0 Å². The summed E-state index contributed by atoms with van der Waals surface area (Å²) in [6.45, 7) is 7.06. The van der Waals surface area contributed by atoms with Crippen LogP contribution in [-0.2, 0) is 19.4 Å². The van der Waals surface area contributed by atoms with E-state index in [1.54, 1.807) is 0 Å². The molecule has 0 spiro atoms. The fourth-order valence-electron chi connectivity index (χ4n) is 2.53. The smallest absolute Gasteiger partial charge is 0.0850 e. The molecule has 0 amide bonds. The van der Waals surface area contributed by atoms with Crippen molar-refractivity contribution >= 4 is 11.6 Å². The normalized spacial score (nSPS) is 18.9. The molecule has 1 aromatic rings. The van der Waals surface area contributed by atoms with E-state index in [1.807, 2.05) is 4.68 Å². The maximum absolute atomic E-state index is 10.3. The predicted molar refractivity (Wildman–Crippen MR) is 73.9 cm³/mol. The SMILES string of the molecule is CCc1nn(CC)c(CC(O)C(C)C2CC2)c1Cl. The molecule has 1 saturated carbocycles. The molecular formula is C14H23ClN2O.